The zero-order valence-electron chi connectivity index (χ0n) is 9.13. The van der Waals surface area contributed by atoms with Crippen molar-refractivity contribution in [3.63, 3.8) is 0 Å². The molecule has 1 aromatic carbocycles. The van der Waals surface area contributed by atoms with E-state index in [4.69, 9.17) is 10.5 Å². The third-order valence-corrected chi connectivity index (χ3v) is 2.56. The Morgan fingerprint density at radius 2 is 2.12 bits per heavy atom. The van der Waals surface area contributed by atoms with Crippen molar-refractivity contribution in [3.05, 3.63) is 48.3 Å². The lowest BCUT2D eigenvalue weighted by Crippen LogP contribution is -2.17. The highest BCUT2D eigenvalue weighted by molar-refractivity contribution is 6.03. The highest BCUT2D eigenvalue weighted by Gasteiger charge is 2.15. The van der Waals surface area contributed by atoms with Gasteiger partial charge in [-0.1, -0.05) is 6.07 Å². The predicted octanol–water partition coefficient (Wildman–Crippen LogP) is 2.18. The van der Waals surface area contributed by atoms with Crippen LogP contribution in [0.15, 0.2) is 47.6 Å². The summed E-state index contributed by atoms with van der Waals surface area (Å²) in [5.74, 6) is 0.763. The Labute approximate surface area is 98.8 Å². The fourth-order valence-corrected chi connectivity index (χ4v) is 1.73. The van der Waals surface area contributed by atoms with Crippen LogP contribution in [-0.4, -0.2) is 17.3 Å². The Bertz CT molecular complexity index is 578. The molecule has 0 aliphatic carbocycles. The molecule has 0 fully saturated rings. The number of benzene rings is 1. The van der Waals surface area contributed by atoms with E-state index < -0.39 is 0 Å². The number of hydrogen-bond donors (Lipinski definition) is 1. The van der Waals surface area contributed by atoms with Crippen LogP contribution in [0.25, 0.3) is 0 Å². The SMILES string of the molecule is Nc1ccc2c(c1)N=C(c1ccccn1)CO2. The maximum atomic E-state index is 5.73. The Hall–Kier alpha value is -2.36. The van der Waals surface area contributed by atoms with E-state index >= 15 is 0 Å². The van der Waals surface area contributed by atoms with Crippen LogP contribution < -0.4 is 10.5 Å². The van der Waals surface area contributed by atoms with Gasteiger partial charge in [0.2, 0.25) is 0 Å². The summed E-state index contributed by atoms with van der Waals surface area (Å²) in [6.45, 7) is 0.438. The normalized spacial score (nSPS) is 13.5. The van der Waals surface area contributed by atoms with Gasteiger partial charge in [-0.3, -0.25) is 4.98 Å². The lowest BCUT2D eigenvalue weighted by atomic mass is 10.2. The number of fused-ring (bicyclic) bond motifs is 1. The topological polar surface area (TPSA) is 60.5 Å². The van der Waals surface area contributed by atoms with Crippen LogP contribution in [0.5, 0.6) is 5.75 Å². The minimum Gasteiger partial charge on any atom is -0.485 e. The monoisotopic (exact) mass is 225 g/mol. The van der Waals surface area contributed by atoms with Crippen molar-refractivity contribution >= 4 is 17.1 Å². The summed E-state index contributed by atoms with van der Waals surface area (Å²) in [6, 6.07) is 11.2. The van der Waals surface area contributed by atoms with Gasteiger partial charge in [0.1, 0.15) is 23.8 Å². The molecule has 4 nitrogen and oxygen atoms in total. The molecule has 2 heterocycles. The van der Waals surface area contributed by atoms with Gasteiger partial charge < -0.3 is 10.5 Å². The molecule has 1 aliphatic heterocycles. The molecule has 3 rings (SSSR count). The molecule has 1 aliphatic rings. The highest BCUT2D eigenvalue weighted by atomic mass is 16.5. The van der Waals surface area contributed by atoms with E-state index in [0.29, 0.717) is 12.3 Å². The Morgan fingerprint density at radius 1 is 1.18 bits per heavy atom. The average Bonchev–Trinajstić information content (AvgIpc) is 2.39. The van der Waals surface area contributed by atoms with E-state index in [-0.39, 0.29) is 0 Å². The van der Waals surface area contributed by atoms with Crippen LogP contribution in [0.3, 0.4) is 0 Å². The number of nitrogens with zero attached hydrogens (tertiary/aromatic N) is 2. The molecule has 17 heavy (non-hydrogen) atoms. The highest BCUT2D eigenvalue weighted by Crippen LogP contribution is 2.32. The third kappa shape index (κ3) is 1.85. The maximum absolute atomic E-state index is 5.73. The van der Waals surface area contributed by atoms with Gasteiger partial charge in [0.25, 0.3) is 0 Å². The lowest BCUT2D eigenvalue weighted by molar-refractivity contribution is 0.372. The number of nitrogens with two attached hydrogens (primary N) is 1. The number of aromatic nitrogens is 1. The number of nitrogen functional groups attached to an aromatic ring is 1. The average molecular weight is 225 g/mol. The van der Waals surface area contributed by atoms with E-state index in [1.54, 1.807) is 18.3 Å². The summed E-state index contributed by atoms with van der Waals surface area (Å²) < 4.78 is 5.62. The molecular formula is C13H11N3O. The van der Waals surface area contributed by atoms with Crippen LogP contribution in [0.1, 0.15) is 5.69 Å². The minimum atomic E-state index is 0.438. The van der Waals surface area contributed by atoms with E-state index in [9.17, 15) is 0 Å². The number of hydrogen-bond acceptors (Lipinski definition) is 4. The fourth-order valence-electron chi connectivity index (χ4n) is 1.73. The second-order valence-corrected chi connectivity index (χ2v) is 3.79. The van der Waals surface area contributed by atoms with Gasteiger partial charge in [-0.25, -0.2) is 4.99 Å². The van der Waals surface area contributed by atoms with Gasteiger partial charge in [-0.05, 0) is 30.3 Å². The van der Waals surface area contributed by atoms with Gasteiger partial charge in [-0.2, -0.15) is 0 Å². The zero-order chi connectivity index (χ0) is 11.7. The van der Waals surface area contributed by atoms with Crippen molar-refractivity contribution in [1.82, 2.24) is 4.98 Å². The molecule has 0 atom stereocenters. The third-order valence-electron chi connectivity index (χ3n) is 2.56. The van der Waals surface area contributed by atoms with E-state index in [1.165, 1.54) is 0 Å². The summed E-state index contributed by atoms with van der Waals surface area (Å²) in [7, 11) is 0. The second kappa shape index (κ2) is 3.90. The standard InChI is InChI=1S/C13H11N3O/c14-9-4-5-13-11(7-9)16-12(8-17-13)10-3-1-2-6-15-10/h1-7H,8,14H2. The number of anilines is 1. The number of ether oxygens (including phenoxy) is 1. The summed E-state index contributed by atoms with van der Waals surface area (Å²) in [5.41, 5.74) is 8.82. The number of rotatable bonds is 1. The van der Waals surface area contributed by atoms with Crippen molar-refractivity contribution in [3.8, 4) is 5.75 Å². The summed E-state index contributed by atoms with van der Waals surface area (Å²) in [6.07, 6.45) is 1.74. The lowest BCUT2D eigenvalue weighted by Gasteiger charge is -2.16. The Morgan fingerprint density at radius 3 is 2.94 bits per heavy atom. The molecule has 1 aromatic heterocycles. The van der Waals surface area contributed by atoms with Crippen molar-refractivity contribution in [2.75, 3.05) is 12.3 Å². The summed E-state index contributed by atoms with van der Waals surface area (Å²) in [5, 5.41) is 0. The summed E-state index contributed by atoms with van der Waals surface area (Å²) in [4.78, 5) is 8.78. The summed E-state index contributed by atoms with van der Waals surface area (Å²) >= 11 is 0. The van der Waals surface area contributed by atoms with Crippen LogP contribution >= 0.6 is 0 Å². The van der Waals surface area contributed by atoms with Crippen LogP contribution in [0.4, 0.5) is 11.4 Å². The molecule has 0 spiro atoms. The predicted molar refractivity (Wildman–Crippen MR) is 66.8 cm³/mol. The Balaban J connectivity index is 2.05. The van der Waals surface area contributed by atoms with Crippen LogP contribution in [0, 0.1) is 0 Å². The molecule has 0 radical (unpaired) electrons. The quantitative estimate of drug-likeness (QED) is 0.756. The van der Waals surface area contributed by atoms with Crippen LogP contribution in [-0.2, 0) is 0 Å². The molecule has 2 N–H and O–H groups in total. The van der Waals surface area contributed by atoms with Crippen molar-refractivity contribution in [1.29, 1.82) is 0 Å². The smallest absolute Gasteiger partial charge is 0.145 e. The number of aliphatic imine (C=N–C) groups is 1. The van der Waals surface area contributed by atoms with Crippen molar-refractivity contribution < 1.29 is 4.74 Å². The van der Waals surface area contributed by atoms with Gasteiger partial charge in [-0.15, -0.1) is 0 Å². The van der Waals surface area contributed by atoms with Crippen molar-refractivity contribution in [2.24, 2.45) is 4.99 Å². The minimum absolute atomic E-state index is 0.438. The molecular weight excluding hydrogens is 214 g/mol. The second-order valence-electron chi connectivity index (χ2n) is 3.79. The van der Waals surface area contributed by atoms with Gasteiger partial charge in [0, 0.05) is 11.9 Å². The largest absolute Gasteiger partial charge is 0.485 e. The first kappa shape index (κ1) is 9.84. The first-order valence-electron chi connectivity index (χ1n) is 5.34. The van der Waals surface area contributed by atoms with Crippen molar-refractivity contribution in [2.45, 2.75) is 0 Å². The number of pyridine rings is 1. The molecule has 2 aromatic rings. The van der Waals surface area contributed by atoms with E-state index in [0.717, 1.165) is 22.8 Å². The van der Waals surface area contributed by atoms with Crippen LogP contribution in [0.2, 0.25) is 0 Å². The molecule has 0 saturated carbocycles. The molecule has 0 amide bonds. The van der Waals surface area contributed by atoms with E-state index in [1.807, 2.05) is 24.3 Å². The molecule has 0 unspecified atom stereocenters. The van der Waals surface area contributed by atoms with E-state index in [2.05, 4.69) is 9.98 Å². The molecule has 0 saturated heterocycles. The molecule has 0 bridgehead atoms. The van der Waals surface area contributed by atoms with Gasteiger partial charge in [0.15, 0.2) is 0 Å². The first-order chi connectivity index (χ1) is 8.33. The molecule has 4 heteroatoms. The fraction of sp³-hybridized carbons (Fsp3) is 0.0769. The zero-order valence-corrected chi connectivity index (χ0v) is 9.13. The van der Waals surface area contributed by atoms with Gasteiger partial charge in [0.05, 0.1) is 5.69 Å². The molecule has 84 valence electrons. The first-order valence-corrected chi connectivity index (χ1v) is 5.34. The van der Waals surface area contributed by atoms with Gasteiger partial charge >= 0.3 is 0 Å². The Kier molecular flexibility index (Phi) is 2.26. The maximum Gasteiger partial charge on any atom is 0.145 e.